The van der Waals surface area contributed by atoms with E-state index in [-0.39, 0.29) is 35.7 Å². The number of aliphatic imine (C=N–C) groups is 1. The summed E-state index contributed by atoms with van der Waals surface area (Å²) in [7, 11) is 0. The quantitative estimate of drug-likeness (QED) is 0.221. The fourth-order valence-electron chi connectivity index (χ4n) is 4.69. The van der Waals surface area contributed by atoms with Crippen molar-refractivity contribution in [3.05, 3.63) is 63.6 Å². The average molecular weight is 580 g/mol. The van der Waals surface area contributed by atoms with Crippen LogP contribution in [0.5, 0.6) is 0 Å². The molecule has 2 aliphatic heterocycles. The second-order valence-corrected chi connectivity index (χ2v) is 9.93. The molecular formula is C26H26Cl2F3N7O. The highest BCUT2D eigenvalue weighted by molar-refractivity contribution is 6.42. The highest BCUT2D eigenvalue weighted by Crippen LogP contribution is 2.28. The largest absolute Gasteiger partial charge is 0.393 e. The van der Waals surface area contributed by atoms with E-state index in [0.29, 0.717) is 27.9 Å². The lowest BCUT2D eigenvalue weighted by Crippen LogP contribution is -2.53. The predicted molar refractivity (Wildman–Crippen MR) is 144 cm³/mol. The minimum Gasteiger partial charge on any atom is -0.331 e. The number of nitrogens with one attached hydrogen (secondary N) is 2. The number of guanidine groups is 1. The molecule has 0 radical (unpaired) electrons. The van der Waals surface area contributed by atoms with Crippen molar-refractivity contribution in [3.63, 3.8) is 0 Å². The molecule has 39 heavy (non-hydrogen) atoms. The lowest BCUT2D eigenvalue weighted by molar-refractivity contribution is -0.134. The molecule has 0 saturated carbocycles. The van der Waals surface area contributed by atoms with Crippen LogP contribution >= 0.6 is 23.2 Å². The minimum atomic E-state index is -4.37. The summed E-state index contributed by atoms with van der Waals surface area (Å²) in [4.78, 5) is 19.6. The van der Waals surface area contributed by atoms with Crippen molar-refractivity contribution in [2.24, 2.45) is 10.1 Å². The normalized spacial score (nSPS) is 19.6. The maximum absolute atomic E-state index is 13.5. The fourth-order valence-corrected chi connectivity index (χ4v) is 4.99. The Hall–Kier alpha value is -3.33. The van der Waals surface area contributed by atoms with E-state index in [1.54, 1.807) is 23.1 Å². The van der Waals surface area contributed by atoms with E-state index in [2.05, 4.69) is 15.6 Å². The number of carbonyl (C=O) groups is 1. The number of nitrogens with zero attached hydrogens (tertiary/aromatic N) is 5. The summed E-state index contributed by atoms with van der Waals surface area (Å²) < 4.78 is 38.8. The molecule has 4 rings (SSSR count). The summed E-state index contributed by atoms with van der Waals surface area (Å²) in [6.45, 7) is 3.18. The Balaban J connectivity index is 1.72. The monoisotopic (exact) mass is 579 g/mol. The average Bonchev–Trinajstić information content (AvgIpc) is 3.56. The van der Waals surface area contributed by atoms with Gasteiger partial charge >= 0.3 is 6.18 Å². The standard InChI is InChI=1S/C26H26Cl2F3N7O/c1-2-37(24(39)21-7-4-10-33-21)22-14-38(36-23(22)17-8-9-19(27)20(28)12-17)25(34-15-32)35-18-6-3-5-16(11-18)13-26(29,30)31/h3,5-6,8-9,11-12,21-22,33H,2,4,7,10,13-14H2,1H3,(H,34,35)/t21-,22-/m1/s1. The number of nitriles is 1. The molecule has 2 aromatic carbocycles. The predicted octanol–water partition coefficient (Wildman–Crippen LogP) is 4.85. The van der Waals surface area contributed by atoms with E-state index in [9.17, 15) is 23.2 Å². The molecule has 2 aromatic rings. The Kier molecular flexibility index (Phi) is 9.00. The van der Waals surface area contributed by atoms with E-state index in [1.807, 2.05) is 13.1 Å². The number of carbonyl (C=O) groups excluding carboxylic acids is 1. The van der Waals surface area contributed by atoms with Crippen molar-refractivity contribution in [3.8, 4) is 6.19 Å². The Morgan fingerprint density at radius 1 is 1.28 bits per heavy atom. The zero-order chi connectivity index (χ0) is 28.2. The molecule has 2 N–H and O–H groups in total. The van der Waals surface area contributed by atoms with Gasteiger partial charge < -0.3 is 10.2 Å². The fraction of sp³-hybridized carbons (Fsp3) is 0.385. The number of alkyl halides is 3. The summed E-state index contributed by atoms with van der Waals surface area (Å²) >= 11 is 12.4. The molecule has 206 valence electrons. The van der Waals surface area contributed by atoms with Gasteiger partial charge in [-0.25, -0.2) is 10.0 Å². The molecule has 0 spiro atoms. The molecule has 0 unspecified atom stereocenters. The van der Waals surface area contributed by atoms with Gasteiger partial charge in [0.25, 0.3) is 0 Å². The molecule has 1 amide bonds. The first kappa shape index (κ1) is 28.7. The third kappa shape index (κ3) is 7.01. The first-order valence-electron chi connectivity index (χ1n) is 12.3. The zero-order valence-corrected chi connectivity index (χ0v) is 22.5. The number of likely N-dealkylation sites (N-methyl/N-ethyl adjacent to an activating group) is 1. The zero-order valence-electron chi connectivity index (χ0n) is 21.0. The van der Waals surface area contributed by atoms with Crippen LogP contribution < -0.4 is 10.6 Å². The van der Waals surface area contributed by atoms with Gasteiger partial charge in [-0.2, -0.15) is 23.5 Å². The Bertz CT molecular complexity index is 1320. The van der Waals surface area contributed by atoms with Gasteiger partial charge in [0.1, 0.15) is 0 Å². The topological polar surface area (TPSA) is 96.1 Å². The van der Waals surface area contributed by atoms with Gasteiger partial charge in [-0.3, -0.25) is 10.1 Å². The third-order valence-corrected chi connectivity index (χ3v) is 7.17. The molecule has 2 atom stereocenters. The van der Waals surface area contributed by atoms with E-state index in [4.69, 9.17) is 28.3 Å². The summed E-state index contributed by atoms with van der Waals surface area (Å²) in [6.07, 6.45) is -2.04. The van der Waals surface area contributed by atoms with Crippen LogP contribution in [0.25, 0.3) is 0 Å². The Labute approximate surface area is 234 Å². The maximum atomic E-state index is 13.5. The van der Waals surface area contributed by atoms with Gasteiger partial charge in [0.15, 0.2) is 6.19 Å². The van der Waals surface area contributed by atoms with Crippen molar-refractivity contribution in [2.75, 3.05) is 19.6 Å². The summed E-state index contributed by atoms with van der Waals surface area (Å²) in [6, 6.07) is 9.85. The number of halogens is 5. The molecule has 0 aliphatic carbocycles. The maximum Gasteiger partial charge on any atom is 0.393 e. The van der Waals surface area contributed by atoms with Crippen LogP contribution in [0.4, 0.5) is 18.9 Å². The van der Waals surface area contributed by atoms with Gasteiger partial charge in [0.05, 0.1) is 46.5 Å². The molecular weight excluding hydrogens is 554 g/mol. The second kappa shape index (κ2) is 12.2. The van der Waals surface area contributed by atoms with Crippen molar-refractivity contribution in [2.45, 2.75) is 44.4 Å². The molecule has 1 saturated heterocycles. The highest BCUT2D eigenvalue weighted by atomic mass is 35.5. The molecule has 13 heteroatoms. The van der Waals surface area contributed by atoms with Crippen LogP contribution in [0.15, 0.2) is 52.6 Å². The van der Waals surface area contributed by atoms with Crippen LogP contribution in [-0.4, -0.2) is 65.4 Å². The molecule has 0 bridgehead atoms. The van der Waals surface area contributed by atoms with Crippen LogP contribution in [-0.2, 0) is 11.2 Å². The van der Waals surface area contributed by atoms with Crippen LogP contribution in [0, 0.1) is 11.5 Å². The van der Waals surface area contributed by atoms with E-state index < -0.39 is 18.6 Å². The highest BCUT2D eigenvalue weighted by Gasteiger charge is 2.39. The van der Waals surface area contributed by atoms with E-state index in [1.165, 1.54) is 29.3 Å². The number of hydrogen-bond acceptors (Lipinski definition) is 5. The van der Waals surface area contributed by atoms with Gasteiger partial charge in [0.2, 0.25) is 11.9 Å². The first-order valence-corrected chi connectivity index (χ1v) is 13.1. The summed E-state index contributed by atoms with van der Waals surface area (Å²) in [5.41, 5.74) is 1.39. The van der Waals surface area contributed by atoms with Crippen LogP contribution in [0.2, 0.25) is 10.0 Å². The molecule has 2 aliphatic rings. The van der Waals surface area contributed by atoms with Gasteiger partial charge in [-0.05, 0) is 56.1 Å². The van der Waals surface area contributed by atoms with E-state index >= 15 is 0 Å². The summed E-state index contributed by atoms with van der Waals surface area (Å²) in [5.74, 6) is -0.0644. The molecule has 2 heterocycles. The second-order valence-electron chi connectivity index (χ2n) is 9.12. The lowest BCUT2D eigenvalue weighted by Gasteiger charge is -2.31. The van der Waals surface area contributed by atoms with Crippen LogP contribution in [0.1, 0.15) is 30.9 Å². The van der Waals surface area contributed by atoms with Crippen molar-refractivity contribution >= 4 is 46.5 Å². The van der Waals surface area contributed by atoms with E-state index in [0.717, 1.165) is 19.4 Å². The number of benzene rings is 2. The minimum absolute atomic E-state index is 0.00390. The number of hydrazone groups is 1. The third-order valence-electron chi connectivity index (χ3n) is 6.43. The Morgan fingerprint density at radius 3 is 2.72 bits per heavy atom. The van der Waals surface area contributed by atoms with Gasteiger partial charge in [-0.1, -0.05) is 41.4 Å². The molecule has 8 nitrogen and oxygen atoms in total. The van der Waals surface area contributed by atoms with Gasteiger partial charge in [0, 0.05) is 12.1 Å². The summed E-state index contributed by atoms with van der Waals surface area (Å²) in [5, 5.41) is 21.9. The lowest BCUT2D eigenvalue weighted by atomic mass is 10.0. The van der Waals surface area contributed by atoms with Crippen LogP contribution in [0.3, 0.4) is 0 Å². The smallest absolute Gasteiger partial charge is 0.331 e. The number of amides is 1. The number of hydrogen-bond donors (Lipinski definition) is 2. The number of rotatable bonds is 6. The van der Waals surface area contributed by atoms with Crippen molar-refractivity contribution in [1.29, 1.82) is 5.26 Å². The van der Waals surface area contributed by atoms with Crippen molar-refractivity contribution in [1.82, 2.24) is 20.5 Å². The van der Waals surface area contributed by atoms with Gasteiger partial charge in [-0.15, -0.1) is 0 Å². The first-order chi connectivity index (χ1) is 18.6. The van der Waals surface area contributed by atoms with Crippen molar-refractivity contribution < 1.29 is 18.0 Å². The SMILES string of the molecule is CCN(C(=O)[C@H]1CCCN1)[C@@H]1CN(C(=Nc2cccc(CC(F)(F)F)c2)NC#N)N=C1c1ccc(Cl)c(Cl)c1. The Morgan fingerprint density at radius 2 is 2.08 bits per heavy atom. The molecule has 0 aromatic heterocycles. The molecule has 1 fully saturated rings.